The van der Waals surface area contributed by atoms with Crippen molar-refractivity contribution >= 4 is 13.3 Å². The summed E-state index contributed by atoms with van der Waals surface area (Å²) in [5, 5.41) is 4.28. The first-order valence-electron chi connectivity index (χ1n) is 4.14. The standard InChI is InChI=1S/C10H9BN2/c1-8-5-6-13(12-8)10-4-2-3-9(11)7-10/h2-7H,1H3. The Morgan fingerprint density at radius 2 is 2.15 bits per heavy atom. The quantitative estimate of drug-likeness (QED) is 0.580. The van der Waals surface area contributed by atoms with E-state index in [1.165, 1.54) is 0 Å². The minimum absolute atomic E-state index is 0.755. The summed E-state index contributed by atoms with van der Waals surface area (Å²) in [5.41, 5.74) is 2.75. The first kappa shape index (κ1) is 8.11. The first-order chi connectivity index (χ1) is 6.25. The average molecular weight is 168 g/mol. The van der Waals surface area contributed by atoms with Gasteiger partial charge in [0.15, 0.2) is 0 Å². The highest BCUT2D eigenvalue weighted by molar-refractivity contribution is 6.32. The monoisotopic (exact) mass is 168 g/mol. The zero-order valence-corrected chi connectivity index (χ0v) is 7.44. The van der Waals surface area contributed by atoms with Gasteiger partial charge >= 0.3 is 0 Å². The molecule has 0 N–H and O–H groups in total. The topological polar surface area (TPSA) is 17.8 Å². The summed E-state index contributed by atoms with van der Waals surface area (Å²) < 4.78 is 1.81. The Labute approximate surface area is 78.6 Å². The maximum absolute atomic E-state index is 5.66. The Morgan fingerprint density at radius 1 is 1.31 bits per heavy atom. The highest BCUT2D eigenvalue weighted by atomic mass is 15.3. The third-order valence-electron chi connectivity index (χ3n) is 1.86. The van der Waals surface area contributed by atoms with Crippen LogP contribution < -0.4 is 5.46 Å². The predicted molar refractivity (Wildman–Crippen MR) is 53.7 cm³/mol. The lowest BCUT2D eigenvalue weighted by atomic mass is 9.96. The van der Waals surface area contributed by atoms with E-state index in [1.54, 1.807) is 0 Å². The molecule has 0 unspecified atom stereocenters. The fourth-order valence-corrected chi connectivity index (χ4v) is 1.23. The number of hydrogen-bond acceptors (Lipinski definition) is 1. The Kier molecular flexibility index (Phi) is 1.93. The Bertz CT molecular complexity index is 420. The van der Waals surface area contributed by atoms with Gasteiger partial charge in [0.25, 0.3) is 0 Å². The van der Waals surface area contributed by atoms with Crippen LogP contribution >= 0.6 is 0 Å². The molecule has 2 aromatic rings. The zero-order valence-electron chi connectivity index (χ0n) is 7.44. The molecular formula is C10H9BN2. The fourth-order valence-electron chi connectivity index (χ4n) is 1.23. The van der Waals surface area contributed by atoms with E-state index in [4.69, 9.17) is 7.85 Å². The molecule has 2 radical (unpaired) electrons. The molecule has 3 heteroatoms. The van der Waals surface area contributed by atoms with Gasteiger partial charge in [-0.05, 0) is 25.1 Å². The molecular weight excluding hydrogens is 159 g/mol. The summed E-state index contributed by atoms with van der Waals surface area (Å²) in [5.74, 6) is 0. The van der Waals surface area contributed by atoms with Gasteiger partial charge in [-0.25, -0.2) is 4.68 Å². The van der Waals surface area contributed by atoms with Crippen LogP contribution in [-0.2, 0) is 0 Å². The molecule has 0 saturated carbocycles. The van der Waals surface area contributed by atoms with Crippen LogP contribution in [0.3, 0.4) is 0 Å². The van der Waals surface area contributed by atoms with Gasteiger partial charge in [-0.15, -0.1) is 0 Å². The summed E-state index contributed by atoms with van der Waals surface area (Å²) in [4.78, 5) is 0. The van der Waals surface area contributed by atoms with Gasteiger partial charge in [-0.3, -0.25) is 0 Å². The van der Waals surface area contributed by atoms with Crippen molar-refractivity contribution in [3.05, 3.63) is 42.2 Å². The third kappa shape index (κ3) is 1.64. The molecule has 1 heterocycles. The van der Waals surface area contributed by atoms with E-state index in [9.17, 15) is 0 Å². The van der Waals surface area contributed by atoms with Gasteiger partial charge < -0.3 is 0 Å². The molecule has 1 aromatic heterocycles. The van der Waals surface area contributed by atoms with Crippen LogP contribution in [0.1, 0.15) is 5.69 Å². The molecule has 0 spiro atoms. The molecule has 0 amide bonds. The van der Waals surface area contributed by atoms with Gasteiger partial charge in [-0.1, -0.05) is 17.6 Å². The summed E-state index contributed by atoms with van der Waals surface area (Å²) in [6.07, 6.45) is 1.92. The van der Waals surface area contributed by atoms with Crippen molar-refractivity contribution in [3.8, 4) is 5.69 Å². The molecule has 0 bridgehead atoms. The van der Waals surface area contributed by atoms with Crippen molar-refractivity contribution in [1.29, 1.82) is 0 Å². The van der Waals surface area contributed by atoms with E-state index < -0.39 is 0 Å². The van der Waals surface area contributed by atoms with Crippen molar-refractivity contribution in [2.75, 3.05) is 0 Å². The normalized spacial score (nSPS) is 10.2. The Hall–Kier alpha value is -1.51. The molecule has 0 fully saturated rings. The molecule has 0 aliphatic heterocycles. The molecule has 0 atom stereocenters. The molecule has 2 rings (SSSR count). The van der Waals surface area contributed by atoms with Crippen molar-refractivity contribution in [2.24, 2.45) is 0 Å². The molecule has 0 saturated heterocycles. The molecule has 2 nitrogen and oxygen atoms in total. The second kappa shape index (κ2) is 3.09. The van der Waals surface area contributed by atoms with E-state index in [1.807, 2.05) is 48.1 Å². The second-order valence-corrected chi connectivity index (χ2v) is 3.00. The minimum Gasteiger partial charge on any atom is -0.241 e. The SMILES string of the molecule is [B]c1cccc(-n2ccc(C)n2)c1. The largest absolute Gasteiger partial charge is 0.241 e. The van der Waals surface area contributed by atoms with Gasteiger partial charge in [0, 0.05) is 6.20 Å². The van der Waals surface area contributed by atoms with Gasteiger partial charge in [0.2, 0.25) is 0 Å². The first-order valence-corrected chi connectivity index (χ1v) is 4.14. The molecule has 13 heavy (non-hydrogen) atoms. The van der Waals surface area contributed by atoms with Crippen LogP contribution in [-0.4, -0.2) is 17.6 Å². The van der Waals surface area contributed by atoms with E-state index in [0.29, 0.717) is 0 Å². The number of benzene rings is 1. The van der Waals surface area contributed by atoms with Crippen molar-refractivity contribution in [2.45, 2.75) is 6.92 Å². The number of aromatic nitrogens is 2. The lowest BCUT2D eigenvalue weighted by molar-refractivity contribution is 0.863. The van der Waals surface area contributed by atoms with E-state index in [2.05, 4.69) is 5.10 Å². The Balaban J connectivity index is 2.46. The summed E-state index contributed by atoms with van der Waals surface area (Å²) in [7, 11) is 5.66. The maximum Gasteiger partial charge on any atom is 0.113 e. The molecule has 1 aromatic carbocycles. The summed E-state index contributed by atoms with van der Waals surface area (Å²) >= 11 is 0. The predicted octanol–water partition coefficient (Wildman–Crippen LogP) is 0.975. The van der Waals surface area contributed by atoms with Crippen molar-refractivity contribution in [3.63, 3.8) is 0 Å². The van der Waals surface area contributed by atoms with Gasteiger partial charge in [0.1, 0.15) is 7.85 Å². The molecule has 62 valence electrons. The molecule has 0 aliphatic carbocycles. The van der Waals surface area contributed by atoms with Crippen molar-refractivity contribution < 1.29 is 0 Å². The number of aryl methyl sites for hydroxylation is 1. The van der Waals surface area contributed by atoms with Gasteiger partial charge in [0.05, 0.1) is 11.4 Å². The lowest BCUT2D eigenvalue weighted by Gasteiger charge is -2.01. The molecule has 0 aliphatic rings. The average Bonchev–Trinajstić information content (AvgIpc) is 2.52. The minimum atomic E-state index is 0.755. The smallest absolute Gasteiger partial charge is 0.113 e. The van der Waals surface area contributed by atoms with E-state index in [-0.39, 0.29) is 0 Å². The van der Waals surface area contributed by atoms with Crippen LogP contribution in [0.25, 0.3) is 5.69 Å². The zero-order chi connectivity index (χ0) is 9.26. The van der Waals surface area contributed by atoms with Crippen LogP contribution in [0.15, 0.2) is 36.5 Å². The summed E-state index contributed by atoms with van der Waals surface area (Å²) in [6, 6.07) is 9.61. The number of nitrogens with zero attached hydrogens (tertiary/aromatic N) is 2. The van der Waals surface area contributed by atoms with Crippen LogP contribution in [0.5, 0.6) is 0 Å². The highest BCUT2D eigenvalue weighted by Gasteiger charge is 1.96. The summed E-state index contributed by atoms with van der Waals surface area (Å²) in [6.45, 7) is 1.96. The highest BCUT2D eigenvalue weighted by Crippen LogP contribution is 2.04. The van der Waals surface area contributed by atoms with Gasteiger partial charge in [-0.2, -0.15) is 5.10 Å². The number of hydrogen-bond donors (Lipinski definition) is 0. The van der Waals surface area contributed by atoms with E-state index >= 15 is 0 Å². The Morgan fingerprint density at radius 3 is 2.77 bits per heavy atom. The fraction of sp³-hybridized carbons (Fsp3) is 0.100. The van der Waals surface area contributed by atoms with Crippen LogP contribution in [0.4, 0.5) is 0 Å². The van der Waals surface area contributed by atoms with Crippen LogP contribution in [0, 0.1) is 6.92 Å². The number of rotatable bonds is 1. The second-order valence-electron chi connectivity index (χ2n) is 3.00. The maximum atomic E-state index is 5.66. The van der Waals surface area contributed by atoms with Crippen LogP contribution in [0.2, 0.25) is 0 Å². The lowest BCUT2D eigenvalue weighted by Crippen LogP contribution is -2.04. The van der Waals surface area contributed by atoms with Crippen molar-refractivity contribution in [1.82, 2.24) is 9.78 Å². The third-order valence-corrected chi connectivity index (χ3v) is 1.86. The van der Waals surface area contributed by atoms with E-state index in [0.717, 1.165) is 16.8 Å².